The van der Waals surface area contributed by atoms with Gasteiger partial charge in [0.05, 0.1) is 13.2 Å². The number of rotatable bonds is 23. The molecule has 1 unspecified atom stereocenters. The average molecular weight is 564 g/mol. The van der Waals surface area contributed by atoms with Gasteiger partial charge in [-0.05, 0) is 44.9 Å². The number of esters is 1. The van der Waals surface area contributed by atoms with Crippen LogP contribution in [0.4, 0.5) is 0 Å². The van der Waals surface area contributed by atoms with Crippen molar-refractivity contribution in [2.45, 2.75) is 128 Å². The van der Waals surface area contributed by atoms with E-state index in [1.807, 2.05) is 0 Å². The average Bonchev–Trinajstić information content (AvgIpc) is 2.89. The molecule has 1 fully saturated rings. The Morgan fingerprint density at radius 1 is 1.00 bits per heavy atom. The van der Waals surface area contributed by atoms with Gasteiger partial charge in [-0.1, -0.05) is 70.4 Å². The Labute approximate surface area is 228 Å². The number of carboxylic acids is 1. The van der Waals surface area contributed by atoms with E-state index >= 15 is 0 Å². The second-order valence-electron chi connectivity index (χ2n) is 9.92. The molecule has 0 spiro atoms. The number of carbonyl (C=O) groups excluding carboxylic acids is 1. The first-order chi connectivity index (χ1) is 18.2. The number of carbonyl (C=O) groups is 2. The van der Waals surface area contributed by atoms with Crippen LogP contribution in [0, 0.1) is 0 Å². The SMILES string of the molecule is CCCCCCCC/C=C\CCCCCCCC(=O)O[C@H]1CCCO[C@@H]1COP(=O)(O)OC[C@H](N)C(=O)O. The number of nitrogens with two attached hydrogens (primary N) is 1. The van der Waals surface area contributed by atoms with Crippen molar-refractivity contribution in [2.75, 3.05) is 19.8 Å². The Morgan fingerprint density at radius 3 is 2.24 bits per heavy atom. The van der Waals surface area contributed by atoms with Crippen molar-refractivity contribution in [1.29, 1.82) is 0 Å². The second-order valence-corrected chi connectivity index (χ2v) is 11.4. The van der Waals surface area contributed by atoms with E-state index < -0.39 is 38.6 Å². The van der Waals surface area contributed by atoms with Crippen molar-refractivity contribution in [3.63, 3.8) is 0 Å². The normalized spacial score (nSPS) is 20.3. The summed E-state index contributed by atoms with van der Waals surface area (Å²) in [7, 11) is -4.53. The van der Waals surface area contributed by atoms with E-state index in [9.17, 15) is 19.0 Å². The van der Waals surface area contributed by atoms with Crippen molar-refractivity contribution in [3.8, 4) is 0 Å². The van der Waals surface area contributed by atoms with Gasteiger partial charge in [-0.2, -0.15) is 0 Å². The molecule has 222 valence electrons. The summed E-state index contributed by atoms with van der Waals surface area (Å²) in [4.78, 5) is 32.8. The predicted molar refractivity (Wildman–Crippen MR) is 146 cm³/mol. The van der Waals surface area contributed by atoms with Crippen molar-refractivity contribution in [1.82, 2.24) is 0 Å². The molecule has 1 heterocycles. The molecular formula is C27H50NO9P. The van der Waals surface area contributed by atoms with Gasteiger partial charge in [0.2, 0.25) is 0 Å². The summed E-state index contributed by atoms with van der Waals surface area (Å²) in [5, 5.41) is 8.73. The van der Waals surface area contributed by atoms with Crippen molar-refractivity contribution in [3.05, 3.63) is 12.2 Å². The standard InChI is InChI=1S/C27H50NO9P/c1-2-3-4-5-6-7-8-9-10-11-12-13-14-15-16-19-26(29)37-24-18-17-20-34-25(24)22-36-38(32,33)35-21-23(28)27(30)31/h9-10,23-25H,2-8,11-22,28H2,1H3,(H,30,31)(H,32,33)/b10-9-/t23-,24-,25+/m0/s1. The minimum atomic E-state index is -4.53. The molecule has 1 aliphatic rings. The first-order valence-electron chi connectivity index (χ1n) is 14.3. The van der Waals surface area contributed by atoms with Gasteiger partial charge in [0.25, 0.3) is 0 Å². The van der Waals surface area contributed by atoms with Gasteiger partial charge >= 0.3 is 19.8 Å². The van der Waals surface area contributed by atoms with Crippen LogP contribution in [0.3, 0.4) is 0 Å². The van der Waals surface area contributed by atoms with Crippen LogP contribution in [0.15, 0.2) is 12.2 Å². The molecule has 0 saturated carbocycles. The lowest BCUT2D eigenvalue weighted by atomic mass is 10.1. The molecular weight excluding hydrogens is 513 g/mol. The van der Waals surface area contributed by atoms with Crippen LogP contribution in [0.25, 0.3) is 0 Å². The fourth-order valence-corrected chi connectivity index (χ4v) is 4.88. The molecule has 0 aromatic rings. The van der Waals surface area contributed by atoms with Gasteiger partial charge in [-0.15, -0.1) is 0 Å². The zero-order chi connectivity index (χ0) is 28.1. The number of allylic oxidation sites excluding steroid dienone is 2. The summed E-state index contributed by atoms with van der Waals surface area (Å²) in [6, 6.07) is -1.45. The summed E-state index contributed by atoms with van der Waals surface area (Å²) < 4.78 is 32.6. The molecule has 10 nitrogen and oxygen atoms in total. The van der Waals surface area contributed by atoms with E-state index in [0.29, 0.717) is 25.9 Å². The lowest BCUT2D eigenvalue weighted by Crippen LogP contribution is -2.40. The first-order valence-corrected chi connectivity index (χ1v) is 15.8. The molecule has 0 aromatic carbocycles. The van der Waals surface area contributed by atoms with Crippen LogP contribution in [0.1, 0.15) is 110 Å². The number of hydrogen-bond acceptors (Lipinski definition) is 8. The largest absolute Gasteiger partial charge is 0.480 e. The van der Waals surface area contributed by atoms with Crippen LogP contribution in [0.2, 0.25) is 0 Å². The van der Waals surface area contributed by atoms with Gasteiger partial charge in [-0.3, -0.25) is 18.6 Å². The minimum absolute atomic E-state index is 0.316. The minimum Gasteiger partial charge on any atom is -0.480 e. The van der Waals surface area contributed by atoms with E-state index in [4.69, 9.17) is 24.8 Å². The molecule has 1 aliphatic heterocycles. The molecule has 11 heteroatoms. The van der Waals surface area contributed by atoms with Crippen LogP contribution < -0.4 is 5.73 Å². The summed E-state index contributed by atoms with van der Waals surface area (Å²) in [5.74, 6) is -1.68. The van der Waals surface area contributed by atoms with E-state index in [1.165, 1.54) is 51.4 Å². The van der Waals surface area contributed by atoms with Gasteiger partial charge in [0.15, 0.2) is 0 Å². The van der Waals surface area contributed by atoms with E-state index in [0.717, 1.165) is 32.1 Å². The summed E-state index contributed by atoms with van der Waals surface area (Å²) >= 11 is 0. The number of ether oxygens (including phenoxy) is 2. The molecule has 0 bridgehead atoms. The lowest BCUT2D eigenvalue weighted by Gasteiger charge is -2.31. The van der Waals surface area contributed by atoms with Crippen molar-refractivity contribution >= 4 is 19.8 Å². The van der Waals surface area contributed by atoms with E-state index in [1.54, 1.807) is 0 Å². The molecule has 1 rings (SSSR count). The van der Waals surface area contributed by atoms with Gasteiger partial charge in [0.1, 0.15) is 18.2 Å². The third-order valence-corrected chi connectivity index (χ3v) is 7.39. The number of aliphatic carboxylic acids is 1. The number of hydrogen-bond donors (Lipinski definition) is 3. The highest BCUT2D eigenvalue weighted by Gasteiger charge is 2.33. The fraction of sp³-hybridized carbons (Fsp3) is 0.852. The Kier molecular flexibility index (Phi) is 19.7. The smallest absolute Gasteiger partial charge is 0.472 e. The molecule has 4 N–H and O–H groups in total. The number of carboxylic acid groups (broad SMARTS) is 1. The second kappa shape index (κ2) is 21.5. The third kappa shape index (κ3) is 18.1. The highest BCUT2D eigenvalue weighted by Crippen LogP contribution is 2.43. The third-order valence-electron chi connectivity index (χ3n) is 6.44. The highest BCUT2D eigenvalue weighted by molar-refractivity contribution is 7.47. The zero-order valence-corrected chi connectivity index (χ0v) is 24.0. The fourth-order valence-electron chi connectivity index (χ4n) is 4.12. The number of phosphoric ester groups is 1. The Bertz CT molecular complexity index is 719. The number of phosphoric acid groups is 1. The van der Waals surface area contributed by atoms with Crippen LogP contribution in [-0.4, -0.2) is 60.0 Å². The maximum absolute atomic E-state index is 12.3. The Hall–Kier alpha value is -1.29. The lowest BCUT2D eigenvalue weighted by molar-refractivity contribution is -0.166. The topological polar surface area (TPSA) is 155 Å². The maximum Gasteiger partial charge on any atom is 0.472 e. The highest BCUT2D eigenvalue weighted by atomic mass is 31.2. The molecule has 1 saturated heterocycles. The van der Waals surface area contributed by atoms with Gasteiger partial charge < -0.3 is 25.2 Å². The zero-order valence-electron chi connectivity index (χ0n) is 23.1. The van der Waals surface area contributed by atoms with Gasteiger partial charge in [-0.25, -0.2) is 4.57 Å². The van der Waals surface area contributed by atoms with Crippen molar-refractivity contribution < 1.29 is 42.7 Å². The molecule has 38 heavy (non-hydrogen) atoms. The molecule has 0 aromatic heterocycles. The molecule has 0 aliphatic carbocycles. The molecule has 0 amide bonds. The summed E-state index contributed by atoms with van der Waals surface area (Å²) in [5.41, 5.74) is 5.26. The number of unbranched alkanes of at least 4 members (excludes halogenated alkanes) is 11. The predicted octanol–water partition coefficient (Wildman–Crippen LogP) is 5.66. The first kappa shape index (κ1) is 34.7. The van der Waals surface area contributed by atoms with Crippen molar-refractivity contribution in [2.24, 2.45) is 5.73 Å². The van der Waals surface area contributed by atoms with E-state index in [2.05, 4.69) is 23.6 Å². The van der Waals surface area contributed by atoms with E-state index in [-0.39, 0.29) is 12.6 Å². The summed E-state index contributed by atoms with van der Waals surface area (Å²) in [6.45, 7) is 1.65. The molecule has 0 radical (unpaired) electrons. The Morgan fingerprint density at radius 2 is 1.61 bits per heavy atom. The Balaban J connectivity index is 2.13. The molecule has 4 atom stereocenters. The van der Waals surface area contributed by atoms with Crippen LogP contribution in [-0.2, 0) is 32.7 Å². The summed E-state index contributed by atoms with van der Waals surface area (Å²) in [6.07, 6.45) is 20.3. The quantitative estimate of drug-likeness (QED) is 0.0614. The van der Waals surface area contributed by atoms with Crippen LogP contribution >= 0.6 is 7.82 Å². The van der Waals surface area contributed by atoms with Crippen LogP contribution in [0.5, 0.6) is 0 Å². The maximum atomic E-state index is 12.3. The monoisotopic (exact) mass is 563 g/mol. The van der Waals surface area contributed by atoms with Gasteiger partial charge in [0, 0.05) is 13.0 Å².